The van der Waals surface area contributed by atoms with Gasteiger partial charge in [-0.3, -0.25) is 0 Å². The highest BCUT2D eigenvalue weighted by Crippen LogP contribution is 2.39. The Morgan fingerprint density at radius 1 is 0.933 bits per heavy atom. The summed E-state index contributed by atoms with van der Waals surface area (Å²) in [6, 6.07) is 11.2. The molecule has 2 unspecified atom stereocenters. The van der Waals surface area contributed by atoms with Gasteiger partial charge >= 0.3 is 0 Å². The van der Waals surface area contributed by atoms with E-state index in [9.17, 15) is 0 Å². The number of benzene rings is 2. The minimum atomic E-state index is 0.0610. The molecule has 2 aromatic rings. The maximum absolute atomic E-state index is 6.46. The topological polar surface area (TPSA) is 52.0 Å². The zero-order chi connectivity index (χ0) is 21.4. The van der Waals surface area contributed by atoms with E-state index in [1.807, 2.05) is 0 Å². The SMILES string of the molecule is Cc1ccc(C2=CC(c3ccc(C)c(C4=CC=CCC4N)c3C)CC=C2N)c(C)c1. The van der Waals surface area contributed by atoms with Crippen molar-refractivity contribution in [1.82, 2.24) is 0 Å². The molecule has 30 heavy (non-hydrogen) atoms. The van der Waals surface area contributed by atoms with Gasteiger partial charge in [0, 0.05) is 23.2 Å². The lowest BCUT2D eigenvalue weighted by Gasteiger charge is -2.27. The molecule has 2 heteroatoms. The van der Waals surface area contributed by atoms with Crippen LogP contribution in [-0.4, -0.2) is 6.04 Å². The Morgan fingerprint density at radius 3 is 2.47 bits per heavy atom. The molecular weight excluding hydrogens is 364 g/mol. The summed E-state index contributed by atoms with van der Waals surface area (Å²) in [4.78, 5) is 0. The fraction of sp³-hybridized carbons (Fsp3) is 0.286. The Kier molecular flexibility index (Phi) is 5.53. The molecule has 2 nitrogen and oxygen atoms in total. The first-order valence-electron chi connectivity index (χ1n) is 10.8. The van der Waals surface area contributed by atoms with Gasteiger partial charge in [-0.1, -0.05) is 66.3 Å². The van der Waals surface area contributed by atoms with E-state index in [4.69, 9.17) is 11.5 Å². The maximum Gasteiger partial charge on any atom is 0.0350 e. The largest absolute Gasteiger partial charge is 0.398 e. The lowest BCUT2D eigenvalue weighted by atomic mass is 9.79. The van der Waals surface area contributed by atoms with Gasteiger partial charge in [-0.05, 0) is 79.5 Å². The van der Waals surface area contributed by atoms with E-state index in [2.05, 4.69) is 88.4 Å². The lowest BCUT2D eigenvalue weighted by Crippen LogP contribution is -2.23. The fourth-order valence-electron chi connectivity index (χ4n) is 4.93. The molecule has 0 saturated carbocycles. The van der Waals surface area contributed by atoms with Crippen molar-refractivity contribution in [1.29, 1.82) is 0 Å². The predicted molar refractivity (Wildman–Crippen MR) is 129 cm³/mol. The summed E-state index contributed by atoms with van der Waals surface area (Å²) in [5.41, 5.74) is 25.3. The van der Waals surface area contributed by atoms with Gasteiger partial charge in [0.15, 0.2) is 0 Å². The number of nitrogens with two attached hydrogens (primary N) is 2. The molecular formula is C28H32N2. The highest BCUT2D eigenvalue weighted by atomic mass is 14.6. The molecule has 0 radical (unpaired) electrons. The second-order valence-electron chi connectivity index (χ2n) is 8.76. The Hall–Kier alpha value is -2.84. The van der Waals surface area contributed by atoms with E-state index in [-0.39, 0.29) is 6.04 Å². The molecule has 0 aromatic heterocycles. The monoisotopic (exact) mass is 396 g/mol. The summed E-state index contributed by atoms with van der Waals surface area (Å²) in [5.74, 6) is 0.309. The summed E-state index contributed by atoms with van der Waals surface area (Å²) >= 11 is 0. The average Bonchev–Trinajstić information content (AvgIpc) is 2.71. The maximum atomic E-state index is 6.46. The molecule has 2 atom stereocenters. The normalized spacial score (nSPS) is 21.2. The third-order valence-corrected chi connectivity index (χ3v) is 6.55. The summed E-state index contributed by atoms with van der Waals surface area (Å²) in [5, 5.41) is 0. The van der Waals surface area contributed by atoms with E-state index in [1.54, 1.807) is 0 Å². The van der Waals surface area contributed by atoms with E-state index in [1.165, 1.54) is 44.5 Å². The van der Waals surface area contributed by atoms with E-state index in [0.29, 0.717) is 5.92 Å². The lowest BCUT2D eigenvalue weighted by molar-refractivity contribution is 0.826. The third kappa shape index (κ3) is 3.68. The molecule has 0 fully saturated rings. The van der Waals surface area contributed by atoms with Gasteiger partial charge < -0.3 is 11.5 Å². The van der Waals surface area contributed by atoms with Crippen molar-refractivity contribution in [3.8, 4) is 0 Å². The smallest absolute Gasteiger partial charge is 0.0350 e. The summed E-state index contributed by atoms with van der Waals surface area (Å²) in [7, 11) is 0. The van der Waals surface area contributed by atoms with E-state index in [0.717, 1.165) is 24.1 Å². The van der Waals surface area contributed by atoms with Crippen LogP contribution < -0.4 is 11.5 Å². The van der Waals surface area contributed by atoms with Gasteiger partial charge in [0.1, 0.15) is 0 Å². The van der Waals surface area contributed by atoms with Crippen molar-refractivity contribution < 1.29 is 0 Å². The Balaban J connectivity index is 1.79. The van der Waals surface area contributed by atoms with Crippen LogP contribution in [0.1, 0.15) is 57.7 Å². The van der Waals surface area contributed by atoms with Crippen molar-refractivity contribution in [2.24, 2.45) is 11.5 Å². The molecule has 154 valence electrons. The van der Waals surface area contributed by atoms with Crippen molar-refractivity contribution in [3.63, 3.8) is 0 Å². The second-order valence-corrected chi connectivity index (χ2v) is 8.76. The van der Waals surface area contributed by atoms with Crippen molar-refractivity contribution in [2.45, 2.75) is 52.5 Å². The molecule has 2 aromatic carbocycles. The van der Waals surface area contributed by atoms with Crippen molar-refractivity contribution in [2.75, 3.05) is 0 Å². The summed E-state index contributed by atoms with van der Waals surface area (Å²) in [6.45, 7) is 8.73. The standard InChI is InChI=1S/C28H32N2/c1-17-9-12-22(19(3)15-17)25-16-21(11-14-27(25)30)23-13-10-18(2)28(20(23)4)24-7-5-6-8-26(24)29/h5-7,9-10,12-16,21,26H,8,11,29-30H2,1-4H3. The van der Waals surface area contributed by atoms with Crippen molar-refractivity contribution in [3.05, 3.63) is 105 Å². The highest BCUT2D eigenvalue weighted by Gasteiger charge is 2.23. The average molecular weight is 397 g/mol. The summed E-state index contributed by atoms with van der Waals surface area (Å²) in [6.07, 6.45) is 12.8. The predicted octanol–water partition coefficient (Wildman–Crippen LogP) is 6.00. The summed E-state index contributed by atoms with van der Waals surface area (Å²) < 4.78 is 0. The van der Waals surface area contributed by atoms with Crippen LogP contribution in [-0.2, 0) is 0 Å². The first kappa shape index (κ1) is 20.4. The first-order chi connectivity index (χ1) is 14.4. The fourth-order valence-corrected chi connectivity index (χ4v) is 4.93. The van der Waals surface area contributed by atoms with Gasteiger partial charge in [-0.2, -0.15) is 0 Å². The molecule has 0 bridgehead atoms. The van der Waals surface area contributed by atoms with Crippen LogP contribution in [0.5, 0.6) is 0 Å². The molecule has 0 aliphatic heterocycles. The van der Waals surface area contributed by atoms with Crippen LogP contribution in [0.25, 0.3) is 11.1 Å². The van der Waals surface area contributed by atoms with Crippen LogP contribution in [0.15, 0.2) is 66.4 Å². The first-order valence-corrected chi connectivity index (χ1v) is 10.8. The number of allylic oxidation sites excluding steroid dienone is 5. The van der Waals surface area contributed by atoms with Gasteiger partial charge in [-0.25, -0.2) is 0 Å². The van der Waals surface area contributed by atoms with Crippen LogP contribution in [0.3, 0.4) is 0 Å². The van der Waals surface area contributed by atoms with E-state index < -0.39 is 0 Å². The van der Waals surface area contributed by atoms with Crippen molar-refractivity contribution >= 4 is 11.1 Å². The molecule has 4 rings (SSSR count). The third-order valence-electron chi connectivity index (χ3n) is 6.55. The molecule has 2 aliphatic rings. The molecule has 4 N–H and O–H groups in total. The number of hydrogen-bond donors (Lipinski definition) is 2. The molecule has 0 saturated heterocycles. The number of aryl methyl sites for hydroxylation is 3. The number of rotatable bonds is 3. The highest BCUT2D eigenvalue weighted by molar-refractivity contribution is 5.82. The van der Waals surface area contributed by atoms with Crippen LogP contribution in [0.2, 0.25) is 0 Å². The zero-order valence-electron chi connectivity index (χ0n) is 18.5. The Morgan fingerprint density at radius 2 is 1.73 bits per heavy atom. The quantitative estimate of drug-likeness (QED) is 0.668. The Bertz CT molecular complexity index is 1110. The van der Waals surface area contributed by atoms with E-state index >= 15 is 0 Å². The van der Waals surface area contributed by atoms with Crippen LogP contribution >= 0.6 is 0 Å². The van der Waals surface area contributed by atoms with Gasteiger partial charge in [0.05, 0.1) is 0 Å². The Labute approximate surface area is 180 Å². The van der Waals surface area contributed by atoms with Gasteiger partial charge in [0.25, 0.3) is 0 Å². The second kappa shape index (κ2) is 8.12. The zero-order valence-corrected chi connectivity index (χ0v) is 18.5. The molecule has 0 amide bonds. The van der Waals surface area contributed by atoms with Gasteiger partial charge in [-0.15, -0.1) is 0 Å². The number of hydrogen-bond acceptors (Lipinski definition) is 2. The minimum absolute atomic E-state index is 0.0610. The van der Waals surface area contributed by atoms with Gasteiger partial charge in [0.2, 0.25) is 0 Å². The van der Waals surface area contributed by atoms with Crippen LogP contribution in [0, 0.1) is 27.7 Å². The molecule has 2 aliphatic carbocycles. The molecule has 0 spiro atoms. The minimum Gasteiger partial charge on any atom is -0.398 e. The molecule has 0 heterocycles. The van der Waals surface area contributed by atoms with Crippen LogP contribution in [0.4, 0.5) is 0 Å².